The van der Waals surface area contributed by atoms with Crippen molar-refractivity contribution in [3.8, 4) is 0 Å². The molecule has 0 aliphatic heterocycles. The van der Waals surface area contributed by atoms with Gasteiger partial charge >= 0.3 is 0 Å². The van der Waals surface area contributed by atoms with Crippen LogP contribution in [-0.2, 0) is 12.8 Å². The van der Waals surface area contributed by atoms with E-state index in [1.54, 1.807) is 6.20 Å². The highest BCUT2D eigenvalue weighted by Crippen LogP contribution is 2.18. The standard InChI is InChI=1S/C9H9N3O/c13-9-5-2-1-3-6(5)11-7-4-10-12-8(7)9/h4H,1-3H2,(H,10,12)(H,11,13). The molecule has 2 heterocycles. The molecule has 0 unspecified atom stereocenters. The van der Waals surface area contributed by atoms with Gasteiger partial charge in [-0.2, -0.15) is 5.10 Å². The molecule has 0 saturated heterocycles. The van der Waals surface area contributed by atoms with Crippen LogP contribution in [0.4, 0.5) is 0 Å². The molecule has 0 aromatic carbocycles. The van der Waals surface area contributed by atoms with Crippen molar-refractivity contribution in [1.29, 1.82) is 0 Å². The highest BCUT2D eigenvalue weighted by molar-refractivity contribution is 5.74. The molecule has 66 valence electrons. The molecule has 3 rings (SSSR count). The van der Waals surface area contributed by atoms with Crippen molar-refractivity contribution >= 4 is 11.0 Å². The van der Waals surface area contributed by atoms with Gasteiger partial charge in [-0.05, 0) is 19.3 Å². The van der Waals surface area contributed by atoms with Crippen molar-refractivity contribution in [3.63, 3.8) is 0 Å². The first-order valence-corrected chi connectivity index (χ1v) is 4.43. The minimum Gasteiger partial charge on any atom is -0.355 e. The van der Waals surface area contributed by atoms with E-state index in [-0.39, 0.29) is 5.43 Å². The molecule has 0 radical (unpaired) electrons. The zero-order valence-corrected chi connectivity index (χ0v) is 7.05. The van der Waals surface area contributed by atoms with Gasteiger partial charge < -0.3 is 4.98 Å². The lowest BCUT2D eigenvalue weighted by molar-refractivity contribution is 0.899. The van der Waals surface area contributed by atoms with Gasteiger partial charge in [0.25, 0.3) is 0 Å². The van der Waals surface area contributed by atoms with Crippen molar-refractivity contribution in [2.24, 2.45) is 0 Å². The molecule has 2 aromatic rings. The summed E-state index contributed by atoms with van der Waals surface area (Å²) in [5, 5.41) is 6.57. The predicted octanol–water partition coefficient (Wildman–Crippen LogP) is 0.740. The maximum Gasteiger partial charge on any atom is 0.210 e. The summed E-state index contributed by atoms with van der Waals surface area (Å²) in [4.78, 5) is 15.0. The van der Waals surface area contributed by atoms with Gasteiger partial charge in [0.15, 0.2) is 0 Å². The smallest absolute Gasteiger partial charge is 0.210 e. The second-order valence-electron chi connectivity index (χ2n) is 3.42. The van der Waals surface area contributed by atoms with Gasteiger partial charge in [0.2, 0.25) is 5.43 Å². The van der Waals surface area contributed by atoms with Gasteiger partial charge in [-0.25, -0.2) is 0 Å². The van der Waals surface area contributed by atoms with E-state index < -0.39 is 0 Å². The van der Waals surface area contributed by atoms with Crippen LogP contribution in [0.5, 0.6) is 0 Å². The molecule has 2 aromatic heterocycles. The number of H-pyrrole nitrogens is 2. The van der Waals surface area contributed by atoms with E-state index in [0.717, 1.165) is 36.0 Å². The molecule has 0 bridgehead atoms. The maximum atomic E-state index is 11.8. The number of aromatic nitrogens is 3. The highest BCUT2D eigenvalue weighted by Gasteiger charge is 2.17. The monoisotopic (exact) mass is 175 g/mol. The summed E-state index contributed by atoms with van der Waals surface area (Å²) in [7, 11) is 0. The fourth-order valence-corrected chi connectivity index (χ4v) is 2.00. The van der Waals surface area contributed by atoms with Gasteiger partial charge in [0, 0.05) is 11.3 Å². The van der Waals surface area contributed by atoms with Gasteiger partial charge in [-0.3, -0.25) is 9.89 Å². The number of pyridine rings is 1. The van der Waals surface area contributed by atoms with E-state index in [9.17, 15) is 4.79 Å². The van der Waals surface area contributed by atoms with Crippen molar-refractivity contribution in [2.75, 3.05) is 0 Å². The summed E-state index contributed by atoms with van der Waals surface area (Å²) < 4.78 is 0. The molecule has 1 aliphatic carbocycles. The minimum atomic E-state index is 0.124. The number of hydrogen-bond acceptors (Lipinski definition) is 2. The van der Waals surface area contributed by atoms with E-state index in [4.69, 9.17) is 0 Å². The van der Waals surface area contributed by atoms with E-state index in [0.29, 0.717) is 5.52 Å². The largest absolute Gasteiger partial charge is 0.355 e. The molecular formula is C9H9N3O. The van der Waals surface area contributed by atoms with Gasteiger partial charge in [-0.15, -0.1) is 0 Å². The number of aromatic amines is 2. The number of rotatable bonds is 0. The predicted molar refractivity (Wildman–Crippen MR) is 48.7 cm³/mol. The molecule has 1 aliphatic rings. The summed E-state index contributed by atoms with van der Waals surface area (Å²) in [6, 6.07) is 0. The number of aryl methyl sites for hydroxylation is 1. The topological polar surface area (TPSA) is 61.5 Å². The van der Waals surface area contributed by atoms with Gasteiger partial charge in [-0.1, -0.05) is 0 Å². The maximum absolute atomic E-state index is 11.8. The second-order valence-corrected chi connectivity index (χ2v) is 3.42. The third-order valence-corrected chi connectivity index (χ3v) is 2.64. The molecular weight excluding hydrogens is 166 g/mol. The highest BCUT2D eigenvalue weighted by atomic mass is 16.1. The Morgan fingerprint density at radius 1 is 1.38 bits per heavy atom. The van der Waals surface area contributed by atoms with Crippen LogP contribution in [-0.4, -0.2) is 15.2 Å². The average molecular weight is 175 g/mol. The van der Waals surface area contributed by atoms with E-state index in [1.165, 1.54) is 0 Å². The van der Waals surface area contributed by atoms with Crippen molar-refractivity contribution in [3.05, 3.63) is 27.7 Å². The lowest BCUT2D eigenvalue weighted by Gasteiger charge is -1.97. The molecule has 4 nitrogen and oxygen atoms in total. The Bertz CT molecular complexity index is 523. The van der Waals surface area contributed by atoms with E-state index in [2.05, 4.69) is 15.2 Å². The fourth-order valence-electron chi connectivity index (χ4n) is 2.00. The first-order chi connectivity index (χ1) is 6.36. The molecule has 13 heavy (non-hydrogen) atoms. The SMILES string of the molecule is O=c1c2c([nH]c3cn[nH]c13)CCC2. The van der Waals surface area contributed by atoms with Crippen LogP contribution < -0.4 is 5.43 Å². The Morgan fingerprint density at radius 2 is 2.31 bits per heavy atom. The minimum absolute atomic E-state index is 0.124. The number of nitrogens with zero attached hydrogens (tertiary/aromatic N) is 1. The number of fused-ring (bicyclic) bond motifs is 2. The molecule has 0 fully saturated rings. The van der Waals surface area contributed by atoms with Gasteiger partial charge in [0.05, 0.1) is 11.7 Å². The van der Waals surface area contributed by atoms with Crippen LogP contribution in [0, 0.1) is 0 Å². The van der Waals surface area contributed by atoms with Crippen LogP contribution in [0.3, 0.4) is 0 Å². The summed E-state index contributed by atoms with van der Waals surface area (Å²) in [6.07, 6.45) is 4.64. The summed E-state index contributed by atoms with van der Waals surface area (Å²) in [5.74, 6) is 0. The first-order valence-electron chi connectivity index (χ1n) is 4.43. The normalized spacial score (nSPS) is 15.1. The van der Waals surface area contributed by atoms with Crippen LogP contribution >= 0.6 is 0 Å². The van der Waals surface area contributed by atoms with Crippen LogP contribution in [0.1, 0.15) is 17.7 Å². The zero-order chi connectivity index (χ0) is 8.84. The molecule has 0 amide bonds. The Kier molecular flexibility index (Phi) is 1.17. The number of nitrogens with one attached hydrogen (secondary N) is 2. The third kappa shape index (κ3) is 0.798. The average Bonchev–Trinajstić information content (AvgIpc) is 2.71. The lowest BCUT2D eigenvalue weighted by atomic mass is 10.2. The van der Waals surface area contributed by atoms with Crippen molar-refractivity contribution in [2.45, 2.75) is 19.3 Å². The fraction of sp³-hybridized carbons (Fsp3) is 0.333. The summed E-state index contributed by atoms with van der Waals surface area (Å²) >= 11 is 0. The van der Waals surface area contributed by atoms with Gasteiger partial charge in [0.1, 0.15) is 5.52 Å². The molecule has 4 heteroatoms. The Morgan fingerprint density at radius 3 is 3.23 bits per heavy atom. The Hall–Kier alpha value is -1.58. The first kappa shape index (κ1) is 6.88. The van der Waals surface area contributed by atoms with Crippen LogP contribution in [0.15, 0.2) is 11.0 Å². The second kappa shape index (κ2) is 2.22. The molecule has 0 atom stereocenters. The zero-order valence-electron chi connectivity index (χ0n) is 7.05. The molecule has 0 spiro atoms. The summed E-state index contributed by atoms with van der Waals surface area (Å²) in [6.45, 7) is 0. The Balaban J connectivity index is 2.53. The molecule has 2 N–H and O–H groups in total. The quantitative estimate of drug-likeness (QED) is 0.620. The van der Waals surface area contributed by atoms with Crippen LogP contribution in [0.2, 0.25) is 0 Å². The lowest BCUT2D eigenvalue weighted by Crippen LogP contribution is -2.10. The Labute approximate surface area is 74.0 Å². The summed E-state index contributed by atoms with van der Waals surface area (Å²) in [5.41, 5.74) is 3.60. The van der Waals surface area contributed by atoms with Crippen LogP contribution in [0.25, 0.3) is 11.0 Å². The van der Waals surface area contributed by atoms with Crippen molar-refractivity contribution in [1.82, 2.24) is 15.2 Å². The third-order valence-electron chi connectivity index (χ3n) is 2.64. The van der Waals surface area contributed by atoms with Crippen molar-refractivity contribution < 1.29 is 0 Å². The number of hydrogen-bond donors (Lipinski definition) is 2. The van der Waals surface area contributed by atoms with E-state index >= 15 is 0 Å². The molecule has 0 saturated carbocycles. The van der Waals surface area contributed by atoms with E-state index in [1.807, 2.05) is 0 Å².